The van der Waals surface area contributed by atoms with Crippen LogP contribution in [-0.4, -0.2) is 17.1 Å². The van der Waals surface area contributed by atoms with Gasteiger partial charge >= 0.3 is 12.0 Å². The number of nitrogens with one attached hydrogen (secondary N) is 2. The molecule has 0 radical (unpaired) electrons. The molecule has 1 aromatic heterocycles. The minimum Gasteiger partial charge on any atom is -0.479 e. The summed E-state index contributed by atoms with van der Waals surface area (Å²) in [5, 5.41) is 14.4. The Morgan fingerprint density at radius 1 is 1.19 bits per heavy atom. The molecule has 0 saturated heterocycles. The first kappa shape index (κ1) is 15.1. The van der Waals surface area contributed by atoms with Crippen LogP contribution in [0.25, 0.3) is 0 Å². The smallest absolute Gasteiger partial charge is 0.330 e. The Labute approximate surface area is 126 Å². The van der Waals surface area contributed by atoms with E-state index in [9.17, 15) is 14.7 Å². The fourth-order valence-corrected chi connectivity index (χ4v) is 2.69. The lowest BCUT2D eigenvalue weighted by Gasteiger charge is -2.15. The second-order valence-electron chi connectivity index (χ2n) is 4.52. The lowest BCUT2D eigenvalue weighted by molar-refractivity contribution is -0.139. The summed E-state index contributed by atoms with van der Waals surface area (Å²) in [6.45, 7) is 2.37. The minimum atomic E-state index is -1.09. The largest absolute Gasteiger partial charge is 0.479 e. The summed E-state index contributed by atoms with van der Waals surface area (Å²) in [5.41, 5.74) is 0.534. The van der Waals surface area contributed by atoms with Crippen molar-refractivity contribution in [1.82, 2.24) is 10.6 Å². The molecule has 1 heterocycles. The molecule has 0 unspecified atom stereocenters. The quantitative estimate of drug-likeness (QED) is 0.794. The van der Waals surface area contributed by atoms with Gasteiger partial charge in [0.2, 0.25) is 0 Å². The average Bonchev–Trinajstić information content (AvgIpc) is 2.89. The fraction of sp³-hybridized carbons (Fsp3) is 0.200. The summed E-state index contributed by atoms with van der Waals surface area (Å²) in [7, 11) is 0. The monoisotopic (exact) mass is 304 g/mol. The number of thiophene rings is 1. The number of hydrogen-bond donors (Lipinski definition) is 3. The number of aryl methyl sites for hydroxylation is 1. The Morgan fingerprint density at radius 3 is 2.48 bits per heavy atom. The van der Waals surface area contributed by atoms with Crippen LogP contribution in [0.4, 0.5) is 4.79 Å². The van der Waals surface area contributed by atoms with Gasteiger partial charge in [-0.25, -0.2) is 9.59 Å². The van der Waals surface area contributed by atoms with Crippen molar-refractivity contribution in [1.29, 1.82) is 0 Å². The maximum Gasteiger partial charge on any atom is 0.330 e. The zero-order valence-electron chi connectivity index (χ0n) is 11.5. The highest BCUT2D eigenvalue weighted by Gasteiger charge is 2.21. The molecule has 6 heteroatoms. The van der Waals surface area contributed by atoms with Crippen LogP contribution in [0, 0.1) is 6.92 Å². The molecule has 2 rings (SSSR count). The van der Waals surface area contributed by atoms with Crippen LogP contribution in [-0.2, 0) is 11.3 Å². The number of carboxylic acids is 1. The molecule has 0 aliphatic carbocycles. The van der Waals surface area contributed by atoms with Crippen molar-refractivity contribution in [3.8, 4) is 0 Å². The SMILES string of the molecule is Cc1ccc(CNC(=O)N[C@H](C(=O)O)c2ccccc2)s1. The summed E-state index contributed by atoms with van der Waals surface area (Å²) in [6.07, 6.45) is 0. The molecule has 0 bridgehead atoms. The van der Waals surface area contributed by atoms with Gasteiger partial charge in [-0.05, 0) is 24.6 Å². The molecule has 1 atom stereocenters. The van der Waals surface area contributed by atoms with Gasteiger partial charge in [-0.3, -0.25) is 0 Å². The molecule has 0 fully saturated rings. The highest BCUT2D eigenvalue weighted by atomic mass is 32.1. The van der Waals surface area contributed by atoms with Gasteiger partial charge in [0.05, 0.1) is 6.54 Å². The van der Waals surface area contributed by atoms with Crippen molar-refractivity contribution in [3.05, 3.63) is 57.8 Å². The van der Waals surface area contributed by atoms with Gasteiger partial charge in [0.25, 0.3) is 0 Å². The molecule has 1 aromatic carbocycles. The number of carbonyl (C=O) groups is 2. The molecule has 110 valence electrons. The number of benzene rings is 1. The number of aliphatic carboxylic acids is 1. The summed E-state index contributed by atoms with van der Waals surface area (Å²) in [5.74, 6) is -1.09. The normalized spacial score (nSPS) is 11.7. The van der Waals surface area contributed by atoms with Crippen molar-refractivity contribution in [3.63, 3.8) is 0 Å². The lowest BCUT2D eigenvalue weighted by Crippen LogP contribution is -2.40. The van der Waals surface area contributed by atoms with E-state index in [0.29, 0.717) is 12.1 Å². The third-order valence-corrected chi connectivity index (χ3v) is 3.88. The van der Waals surface area contributed by atoms with Crippen LogP contribution < -0.4 is 10.6 Å². The van der Waals surface area contributed by atoms with Crippen molar-refractivity contribution >= 4 is 23.3 Å². The molecule has 0 saturated carbocycles. The summed E-state index contributed by atoms with van der Waals surface area (Å²) in [4.78, 5) is 25.3. The number of rotatable bonds is 5. The molecule has 3 N–H and O–H groups in total. The predicted octanol–water partition coefficient (Wildman–Crippen LogP) is 2.68. The van der Waals surface area contributed by atoms with Crippen molar-refractivity contribution in [2.75, 3.05) is 0 Å². The summed E-state index contributed by atoms with van der Waals surface area (Å²) in [6, 6.07) is 11.0. The third kappa shape index (κ3) is 4.32. The number of hydrogen-bond acceptors (Lipinski definition) is 3. The first-order chi connectivity index (χ1) is 10.1. The molecule has 0 spiro atoms. The topological polar surface area (TPSA) is 78.4 Å². The Balaban J connectivity index is 1.94. The summed E-state index contributed by atoms with van der Waals surface area (Å²) >= 11 is 1.59. The first-order valence-corrected chi connectivity index (χ1v) is 7.25. The number of carboxylic acid groups (broad SMARTS) is 1. The van der Waals surface area contributed by atoms with Crippen LogP contribution in [0.3, 0.4) is 0 Å². The zero-order valence-corrected chi connectivity index (χ0v) is 12.3. The molecular weight excluding hydrogens is 288 g/mol. The third-order valence-electron chi connectivity index (χ3n) is 2.87. The Hall–Kier alpha value is -2.34. The number of urea groups is 1. The van der Waals surface area contributed by atoms with E-state index in [1.807, 2.05) is 19.1 Å². The van der Waals surface area contributed by atoms with E-state index < -0.39 is 18.0 Å². The van der Waals surface area contributed by atoms with Crippen LogP contribution in [0.2, 0.25) is 0 Å². The van der Waals surface area contributed by atoms with Gasteiger partial charge in [-0.15, -0.1) is 11.3 Å². The maximum absolute atomic E-state index is 11.8. The van der Waals surface area contributed by atoms with Crippen molar-refractivity contribution < 1.29 is 14.7 Å². The van der Waals surface area contributed by atoms with Gasteiger partial charge in [0, 0.05) is 9.75 Å². The van der Waals surface area contributed by atoms with Gasteiger partial charge in [-0.1, -0.05) is 30.3 Å². The predicted molar refractivity (Wildman–Crippen MR) is 81.2 cm³/mol. The molecular formula is C15H16N2O3S. The van der Waals surface area contributed by atoms with E-state index in [2.05, 4.69) is 10.6 Å². The second-order valence-corrected chi connectivity index (χ2v) is 5.89. The van der Waals surface area contributed by atoms with E-state index in [1.165, 1.54) is 4.88 Å². The number of carbonyl (C=O) groups excluding carboxylic acids is 1. The van der Waals surface area contributed by atoms with Crippen LogP contribution in [0.1, 0.15) is 21.4 Å². The van der Waals surface area contributed by atoms with Crippen molar-refractivity contribution in [2.24, 2.45) is 0 Å². The van der Waals surface area contributed by atoms with E-state index in [1.54, 1.807) is 41.7 Å². The van der Waals surface area contributed by atoms with Gasteiger partial charge < -0.3 is 15.7 Å². The molecule has 0 aliphatic rings. The standard InChI is InChI=1S/C15H16N2O3S/c1-10-7-8-12(21-10)9-16-15(20)17-13(14(18)19)11-5-3-2-4-6-11/h2-8,13H,9H2,1H3,(H,18,19)(H2,16,17,20)/t13-/m0/s1. The fourth-order valence-electron chi connectivity index (χ4n) is 1.86. The molecule has 5 nitrogen and oxygen atoms in total. The van der Waals surface area contributed by atoms with Gasteiger partial charge in [0.1, 0.15) is 0 Å². The van der Waals surface area contributed by atoms with Gasteiger partial charge in [-0.2, -0.15) is 0 Å². The van der Waals surface area contributed by atoms with E-state index in [0.717, 1.165) is 4.88 Å². The minimum absolute atomic E-state index is 0.380. The van der Waals surface area contributed by atoms with Crippen LogP contribution in [0.15, 0.2) is 42.5 Å². The molecule has 21 heavy (non-hydrogen) atoms. The maximum atomic E-state index is 11.8. The Bertz CT molecular complexity index is 625. The van der Waals surface area contributed by atoms with E-state index in [-0.39, 0.29) is 0 Å². The average molecular weight is 304 g/mol. The second kappa shape index (κ2) is 6.90. The Kier molecular flexibility index (Phi) is 4.94. The zero-order chi connectivity index (χ0) is 15.2. The van der Waals surface area contributed by atoms with Crippen LogP contribution >= 0.6 is 11.3 Å². The summed E-state index contributed by atoms with van der Waals surface area (Å²) < 4.78 is 0. The van der Waals surface area contributed by atoms with E-state index in [4.69, 9.17) is 0 Å². The number of amides is 2. The molecule has 2 amide bonds. The van der Waals surface area contributed by atoms with Crippen LogP contribution in [0.5, 0.6) is 0 Å². The molecule has 0 aliphatic heterocycles. The van der Waals surface area contributed by atoms with Crippen molar-refractivity contribution in [2.45, 2.75) is 19.5 Å². The highest BCUT2D eigenvalue weighted by Crippen LogP contribution is 2.15. The van der Waals surface area contributed by atoms with Gasteiger partial charge in [0.15, 0.2) is 6.04 Å². The first-order valence-electron chi connectivity index (χ1n) is 6.43. The highest BCUT2D eigenvalue weighted by molar-refractivity contribution is 7.11. The lowest BCUT2D eigenvalue weighted by atomic mass is 10.1. The molecule has 2 aromatic rings. The van der Waals surface area contributed by atoms with E-state index >= 15 is 0 Å². The Morgan fingerprint density at radius 2 is 1.90 bits per heavy atom.